The number of aromatic nitrogens is 4. The van der Waals surface area contributed by atoms with E-state index in [1.807, 2.05) is 0 Å². The third-order valence-corrected chi connectivity index (χ3v) is 4.98. The lowest BCUT2D eigenvalue weighted by Gasteiger charge is -2.14. The molecule has 0 atom stereocenters. The van der Waals surface area contributed by atoms with Gasteiger partial charge in [0.1, 0.15) is 0 Å². The molecule has 4 nitrogen and oxygen atoms in total. The number of rotatable bonds is 2. The van der Waals surface area contributed by atoms with Crippen molar-refractivity contribution in [2.45, 2.75) is 33.1 Å². The second-order valence-corrected chi connectivity index (χ2v) is 7.48. The number of halogens is 6. The van der Waals surface area contributed by atoms with Crippen molar-refractivity contribution in [1.82, 2.24) is 19.6 Å². The van der Waals surface area contributed by atoms with Gasteiger partial charge in [-0.05, 0) is 62.2 Å². The Balaban J connectivity index is 1.98. The Hall–Kier alpha value is -3.43. The van der Waals surface area contributed by atoms with Gasteiger partial charge in [-0.15, -0.1) is 0 Å². The maximum atomic E-state index is 13.8. The fourth-order valence-corrected chi connectivity index (χ4v) is 3.65. The van der Waals surface area contributed by atoms with Crippen LogP contribution in [-0.2, 0) is 12.4 Å². The Morgan fingerprint density at radius 3 is 1.97 bits per heavy atom. The second kappa shape index (κ2) is 7.32. The average Bonchev–Trinajstić information content (AvgIpc) is 3.08. The minimum absolute atomic E-state index is 0.0580. The molecule has 4 rings (SSSR count). The highest BCUT2D eigenvalue weighted by Gasteiger charge is 2.36. The quantitative estimate of drug-likeness (QED) is 0.331. The number of alkyl halides is 6. The fourth-order valence-electron chi connectivity index (χ4n) is 3.65. The van der Waals surface area contributed by atoms with Crippen molar-refractivity contribution in [1.29, 1.82) is 0 Å². The summed E-state index contributed by atoms with van der Waals surface area (Å²) in [5.41, 5.74) is 0.214. The van der Waals surface area contributed by atoms with Crippen molar-refractivity contribution >= 4 is 5.65 Å². The summed E-state index contributed by atoms with van der Waals surface area (Å²) in [6.07, 6.45) is -8.04. The molecule has 3 heterocycles. The predicted molar refractivity (Wildman–Crippen MR) is 106 cm³/mol. The van der Waals surface area contributed by atoms with E-state index in [0.717, 1.165) is 18.2 Å². The Bertz CT molecular complexity index is 1310. The molecule has 0 aliphatic rings. The van der Waals surface area contributed by atoms with Gasteiger partial charge in [0, 0.05) is 22.5 Å². The topological polar surface area (TPSA) is 43.1 Å². The van der Waals surface area contributed by atoms with Crippen LogP contribution in [0.4, 0.5) is 26.3 Å². The Morgan fingerprint density at radius 2 is 1.41 bits per heavy atom. The molecule has 0 spiro atoms. The molecular formula is C22H16F6N4. The molecule has 0 saturated heterocycles. The molecule has 0 aliphatic heterocycles. The Kier molecular flexibility index (Phi) is 4.98. The lowest BCUT2D eigenvalue weighted by Crippen LogP contribution is -2.14. The standard InChI is InChI=1S/C22H16F6N4/c1-11-6-14(4-5-17(11)21(23,24)25)18-9-19(22(26,27)28)32-20(31-18)16(10-29-32)15-7-12(2)30-13(3)8-15/h4-10H,1-3H3. The Labute approximate surface area is 178 Å². The van der Waals surface area contributed by atoms with Crippen molar-refractivity contribution in [3.8, 4) is 22.4 Å². The highest BCUT2D eigenvalue weighted by molar-refractivity contribution is 5.79. The van der Waals surface area contributed by atoms with E-state index in [-0.39, 0.29) is 22.5 Å². The van der Waals surface area contributed by atoms with Crippen molar-refractivity contribution < 1.29 is 26.3 Å². The molecule has 166 valence electrons. The first kappa shape index (κ1) is 21.8. The van der Waals surface area contributed by atoms with Crippen LogP contribution in [0, 0.1) is 20.8 Å². The maximum absolute atomic E-state index is 13.8. The Morgan fingerprint density at radius 1 is 0.750 bits per heavy atom. The number of benzene rings is 1. The van der Waals surface area contributed by atoms with Gasteiger partial charge in [-0.2, -0.15) is 31.4 Å². The van der Waals surface area contributed by atoms with Gasteiger partial charge in [0.05, 0.1) is 17.5 Å². The van der Waals surface area contributed by atoms with Gasteiger partial charge in [-0.3, -0.25) is 4.98 Å². The molecule has 0 unspecified atom stereocenters. The van der Waals surface area contributed by atoms with E-state index in [9.17, 15) is 26.3 Å². The SMILES string of the molecule is Cc1cc(-c2cnn3c(C(F)(F)F)cc(-c4ccc(C(F)(F)F)c(C)c4)nc23)cc(C)n1. The smallest absolute Gasteiger partial charge is 0.258 e. The van der Waals surface area contributed by atoms with Gasteiger partial charge in [-0.25, -0.2) is 9.50 Å². The first-order chi connectivity index (χ1) is 14.8. The normalized spacial score (nSPS) is 12.5. The summed E-state index contributed by atoms with van der Waals surface area (Å²) in [6.45, 7) is 4.77. The van der Waals surface area contributed by atoms with Crippen LogP contribution in [0.3, 0.4) is 0 Å². The first-order valence-electron chi connectivity index (χ1n) is 9.44. The van der Waals surface area contributed by atoms with Gasteiger partial charge in [0.25, 0.3) is 0 Å². The van der Waals surface area contributed by atoms with E-state index >= 15 is 0 Å². The van der Waals surface area contributed by atoms with Crippen LogP contribution < -0.4 is 0 Å². The van der Waals surface area contributed by atoms with Crippen LogP contribution >= 0.6 is 0 Å². The molecule has 32 heavy (non-hydrogen) atoms. The number of hydrogen-bond acceptors (Lipinski definition) is 3. The number of pyridine rings is 1. The fraction of sp³-hybridized carbons (Fsp3) is 0.227. The third-order valence-electron chi connectivity index (χ3n) is 4.98. The molecule has 10 heteroatoms. The lowest BCUT2D eigenvalue weighted by molar-refractivity contribution is -0.142. The van der Waals surface area contributed by atoms with Gasteiger partial charge in [0.15, 0.2) is 11.3 Å². The van der Waals surface area contributed by atoms with Gasteiger partial charge in [-0.1, -0.05) is 6.07 Å². The van der Waals surface area contributed by atoms with Crippen molar-refractivity contribution in [3.63, 3.8) is 0 Å². The summed E-state index contributed by atoms with van der Waals surface area (Å²) in [7, 11) is 0. The monoisotopic (exact) mass is 450 g/mol. The summed E-state index contributed by atoms with van der Waals surface area (Å²) >= 11 is 0. The second-order valence-electron chi connectivity index (χ2n) is 7.48. The molecule has 0 fully saturated rings. The molecule has 0 aliphatic carbocycles. The molecular weight excluding hydrogens is 434 g/mol. The zero-order valence-electron chi connectivity index (χ0n) is 17.1. The average molecular weight is 450 g/mol. The molecule has 4 aromatic rings. The van der Waals surface area contributed by atoms with Crippen LogP contribution in [-0.4, -0.2) is 19.6 Å². The van der Waals surface area contributed by atoms with Crippen LogP contribution in [0.15, 0.2) is 42.6 Å². The number of fused-ring (bicyclic) bond motifs is 1. The minimum Gasteiger partial charge on any atom is -0.258 e. The zero-order chi connectivity index (χ0) is 23.4. The summed E-state index contributed by atoms with van der Waals surface area (Å²) in [5.74, 6) is 0. The summed E-state index contributed by atoms with van der Waals surface area (Å²) in [6, 6.07) is 7.33. The van der Waals surface area contributed by atoms with E-state index in [1.54, 1.807) is 26.0 Å². The van der Waals surface area contributed by atoms with Crippen LogP contribution in [0.2, 0.25) is 0 Å². The van der Waals surface area contributed by atoms with Gasteiger partial charge >= 0.3 is 12.4 Å². The van der Waals surface area contributed by atoms with Gasteiger partial charge in [0.2, 0.25) is 0 Å². The molecule has 1 aromatic carbocycles. The minimum atomic E-state index is -4.76. The van der Waals surface area contributed by atoms with Crippen LogP contribution in [0.1, 0.15) is 28.2 Å². The van der Waals surface area contributed by atoms with Crippen LogP contribution in [0.25, 0.3) is 28.0 Å². The van der Waals surface area contributed by atoms with Crippen molar-refractivity contribution in [3.05, 3.63) is 70.8 Å². The van der Waals surface area contributed by atoms with Crippen molar-refractivity contribution in [2.75, 3.05) is 0 Å². The molecule has 3 aromatic heterocycles. The molecule has 0 amide bonds. The summed E-state index contributed by atoms with van der Waals surface area (Å²) in [5, 5.41) is 3.88. The van der Waals surface area contributed by atoms with Gasteiger partial charge < -0.3 is 0 Å². The van der Waals surface area contributed by atoms with Crippen LogP contribution in [0.5, 0.6) is 0 Å². The highest BCUT2D eigenvalue weighted by Crippen LogP contribution is 2.37. The van der Waals surface area contributed by atoms with Crippen molar-refractivity contribution in [2.24, 2.45) is 0 Å². The molecule has 0 bridgehead atoms. The van der Waals surface area contributed by atoms with E-state index in [4.69, 9.17) is 0 Å². The molecule has 0 radical (unpaired) electrons. The number of nitrogens with zero attached hydrogens (tertiary/aromatic N) is 4. The summed E-state index contributed by atoms with van der Waals surface area (Å²) in [4.78, 5) is 8.61. The number of aryl methyl sites for hydroxylation is 3. The first-order valence-corrected chi connectivity index (χ1v) is 9.44. The number of hydrogen-bond donors (Lipinski definition) is 0. The largest absolute Gasteiger partial charge is 0.433 e. The molecule has 0 saturated carbocycles. The summed E-state index contributed by atoms with van der Waals surface area (Å²) < 4.78 is 81.4. The maximum Gasteiger partial charge on any atom is 0.433 e. The third kappa shape index (κ3) is 3.92. The van der Waals surface area contributed by atoms with E-state index in [2.05, 4.69) is 15.1 Å². The predicted octanol–water partition coefficient (Wildman–Crippen LogP) is 6.42. The van der Waals surface area contributed by atoms with E-state index < -0.39 is 23.6 Å². The lowest BCUT2D eigenvalue weighted by atomic mass is 10.0. The highest BCUT2D eigenvalue weighted by atomic mass is 19.4. The zero-order valence-corrected chi connectivity index (χ0v) is 17.1. The van der Waals surface area contributed by atoms with E-state index in [0.29, 0.717) is 27.0 Å². The molecule has 0 N–H and O–H groups in total. The van der Waals surface area contributed by atoms with E-state index in [1.165, 1.54) is 19.2 Å².